The fraction of sp³-hybridized carbons (Fsp3) is 0.500. The number of alkyl halides is 1. The highest BCUT2D eigenvalue weighted by atomic mass is 79.9. The topological polar surface area (TPSA) is 20.3 Å². The fourth-order valence-corrected chi connectivity index (χ4v) is 3.02. The number of hydrogen-bond acceptors (Lipinski definition) is 1. The highest BCUT2D eigenvalue weighted by molar-refractivity contribution is 9.10. The van der Waals surface area contributed by atoms with Gasteiger partial charge in [0.15, 0.2) is 0 Å². The Hall–Kier alpha value is -0.250. The number of likely N-dealkylation sites (tertiary alicyclic amines) is 1. The minimum atomic E-state index is -0.101. The number of halogens is 3. The Labute approximate surface area is 132 Å². The normalized spacial score (nSPS) is 20.6. The van der Waals surface area contributed by atoms with E-state index in [2.05, 4.69) is 15.9 Å². The minimum absolute atomic E-state index is 0.101. The summed E-state index contributed by atoms with van der Waals surface area (Å²) in [5.74, 6) is 0.163. The molecule has 1 fully saturated rings. The molecule has 0 N–H and O–H groups in total. The lowest BCUT2D eigenvalue weighted by molar-refractivity contribution is -0.131. The first-order chi connectivity index (χ1) is 9.04. The number of carbonyl (C=O) groups excluding carboxylic acids is 1. The average molecular weight is 365 g/mol. The third-order valence-electron chi connectivity index (χ3n) is 3.49. The molecule has 1 aliphatic rings. The molecular formula is C14H16BrCl2NO. The molecule has 1 heterocycles. The molecule has 1 amide bonds. The van der Waals surface area contributed by atoms with Crippen LogP contribution in [0, 0.1) is 0 Å². The number of carbonyl (C=O) groups is 1. The predicted octanol–water partition coefficient (Wildman–Crippen LogP) is 4.83. The summed E-state index contributed by atoms with van der Waals surface area (Å²) < 4.78 is 0. The van der Waals surface area contributed by atoms with E-state index >= 15 is 0 Å². The number of nitrogens with zero attached hydrogens (tertiary/aromatic N) is 1. The van der Waals surface area contributed by atoms with Crippen molar-refractivity contribution in [1.82, 2.24) is 4.90 Å². The smallest absolute Gasteiger partial charge is 0.236 e. The molecule has 0 aliphatic carbocycles. The molecule has 0 aromatic heterocycles. The average Bonchev–Trinajstić information content (AvgIpc) is 2.89. The maximum absolute atomic E-state index is 12.3. The van der Waals surface area contributed by atoms with Crippen molar-refractivity contribution in [2.24, 2.45) is 0 Å². The van der Waals surface area contributed by atoms with E-state index < -0.39 is 0 Å². The molecule has 0 radical (unpaired) electrons. The standard InChI is InChI=1S/C14H16BrCl2NO/c1-2-10(15)14(19)18-7-3-4-13(18)9-5-6-11(16)12(17)8-9/h5-6,8,10,13H,2-4,7H2,1H3. The summed E-state index contributed by atoms with van der Waals surface area (Å²) in [6.07, 6.45) is 2.80. The van der Waals surface area contributed by atoms with E-state index in [9.17, 15) is 4.79 Å². The van der Waals surface area contributed by atoms with Crippen molar-refractivity contribution < 1.29 is 4.79 Å². The predicted molar refractivity (Wildman–Crippen MR) is 83.2 cm³/mol. The maximum Gasteiger partial charge on any atom is 0.236 e. The van der Waals surface area contributed by atoms with E-state index in [1.165, 1.54) is 0 Å². The van der Waals surface area contributed by atoms with Crippen molar-refractivity contribution >= 4 is 45.0 Å². The van der Waals surface area contributed by atoms with Gasteiger partial charge < -0.3 is 4.90 Å². The first-order valence-electron chi connectivity index (χ1n) is 6.44. The van der Waals surface area contributed by atoms with E-state index in [0.717, 1.165) is 31.4 Å². The van der Waals surface area contributed by atoms with Gasteiger partial charge in [-0.25, -0.2) is 0 Å². The zero-order valence-electron chi connectivity index (χ0n) is 10.7. The lowest BCUT2D eigenvalue weighted by Gasteiger charge is -2.27. The van der Waals surface area contributed by atoms with Crippen molar-refractivity contribution in [1.29, 1.82) is 0 Å². The van der Waals surface area contributed by atoms with Crippen molar-refractivity contribution in [3.05, 3.63) is 33.8 Å². The number of rotatable bonds is 3. The Bertz CT molecular complexity index is 481. The monoisotopic (exact) mass is 363 g/mol. The van der Waals surface area contributed by atoms with Gasteiger partial charge in [-0.1, -0.05) is 52.1 Å². The van der Waals surface area contributed by atoms with Gasteiger partial charge in [0, 0.05) is 6.54 Å². The summed E-state index contributed by atoms with van der Waals surface area (Å²) in [6, 6.07) is 5.74. The summed E-state index contributed by atoms with van der Waals surface area (Å²) in [4.78, 5) is 14.2. The summed E-state index contributed by atoms with van der Waals surface area (Å²) in [5.41, 5.74) is 1.07. The Morgan fingerprint density at radius 1 is 1.47 bits per heavy atom. The van der Waals surface area contributed by atoms with E-state index in [-0.39, 0.29) is 16.8 Å². The van der Waals surface area contributed by atoms with E-state index in [4.69, 9.17) is 23.2 Å². The first kappa shape index (κ1) is 15.1. The molecular weight excluding hydrogens is 349 g/mol. The Balaban J connectivity index is 2.23. The van der Waals surface area contributed by atoms with Gasteiger partial charge in [-0.05, 0) is 37.0 Å². The summed E-state index contributed by atoms with van der Waals surface area (Å²) in [6.45, 7) is 2.81. The number of benzene rings is 1. The van der Waals surface area contributed by atoms with Crippen LogP contribution in [0.3, 0.4) is 0 Å². The van der Waals surface area contributed by atoms with Crippen LogP contribution in [0.2, 0.25) is 10.0 Å². The molecule has 2 unspecified atom stereocenters. The van der Waals surface area contributed by atoms with Crippen molar-refractivity contribution in [3.63, 3.8) is 0 Å². The Morgan fingerprint density at radius 2 is 2.21 bits per heavy atom. The lowest BCUT2D eigenvalue weighted by atomic mass is 10.0. The minimum Gasteiger partial charge on any atom is -0.335 e. The van der Waals surface area contributed by atoms with Crippen molar-refractivity contribution in [3.8, 4) is 0 Å². The zero-order valence-corrected chi connectivity index (χ0v) is 13.8. The van der Waals surface area contributed by atoms with Gasteiger partial charge in [0.2, 0.25) is 5.91 Å². The molecule has 0 spiro atoms. The highest BCUT2D eigenvalue weighted by Gasteiger charge is 2.32. The van der Waals surface area contributed by atoms with E-state index in [1.54, 1.807) is 6.07 Å². The molecule has 2 atom stereocenters. The highest BCUT2D eigenvalue weighted by Crippen LogP contribution is 2.35. The zero-order chi connectivity index (χ0) is 14.0. The van der Waals surface area contributed by atoms with Gasteiger partial charge in [0.1, 0.15) is 0 Å². The van der Waals surface area contributed by atoms with Crippen LogP contribution in [-0.2, 0) is 4.79 Å². The van der Waals surface area contributed by atoms with Gasteiger partial charge in [-0.15, -0.1) is 0 Å². The summed E-state index contributed by atoms with van der Waals surface area (Å²) in [5, 5.41) is 1.09. The maximum atomic E-state index is 12.3. The van der Waals surface area contributed by atoms with E-state index in [0.29, 0.717) is 10.0 Å². The SMILES string of the molecule is CCC(Br)C(=O)N1CCCC1c1ccc(Cl)c(Cl)c1. The molecule has 2 rings (SSSR count). The van der Waals surface area contributed by atoms with E-state index in [1.807, 2.05) is 24.0 Å². The molecule has 19 heavy (non-hydrogen) atoms. The Morgan fingerprint density at radius 3 is 2.84 bits per heavy atom. The van der Waals surface area contributed by atoms with Crippen LogP contribution >= 0.6 is 39.1 Å². The summed E-state index contributed by atoms with van der Waals surface area (Å²) >= 11 is 15.4. The molecule has 1 aromatic carbocycles. The fourth-order valence-electron chi connectivity index (χ4n) is 2.45. The van der Waals surface area contributed by atoms with Gasteiger partial charge in [-0.3, -0.25) is 4.79 Å². The molecule has 0 saturated carbocycles. The number of hydrogen-bond donors (Lipinski definition) is 0. The second-order valence-corrected chi connectivity index (χ2v) is 6.66. The van der Waals surface area contributed by atoms with Gasteiger partial charge in [0.05, 0.1) is 20.9 Å². The first-order valence-corrected chi connectivity index (χ1v) is 8.11. The van der Waals surface area contributed by atoms with Gasteiger partial charge in [-0.2, -0.15) is 0 Å². The molecule has 5 heteroatoms. The second-order valence-electron chi connectivity index (χ2n) is 4.74. The number of amides is 1. The molecule has 2 nitrogen and oxygen atoms in total. The van der Waals surface area contributed by atoms with Gasteiger partial charge in [0.25, 0.3) is 0 Å². The van der Waals surface area contributed by atoms with Crippen LogP contribution < -0.4 is 0 Å². The second kappa shape index (κ2) is 6.47. The van der Waals surface area contributed by atoms with Crippen molar-refractivity contribution in [2.45, 2.75) is 37.1 Å². The Kier molecular flexibility index (Phi) is 5.15. The lowest BCUT2D eigenvalue weighted by Crippen LogP contribution is -2.35. The molecule has 104 valence electrons. The molecule has 0 bridgehead atoms. The third kappa shape index (κ3) is 3.26. The van der Waals surface area contributed by atoms with Crippen LogP contribution in [0.15, 0.2) is 18.2 Å². The summed E-state index contributed by atoms with van der Waals surface area (Å²) in [7, 11) is 0. The van der Waals surface area contributed by atoms with Gasteiger partial charge >= 0.3 is 0 Å². The molecule has 1 saturated heterocycles. The molecule has 1 aliphatic heterocycles. The van der Waals surface area contributed by atoms with Crippen molar-refractivity contribution in [2.75, 3.05) is 6.54 Å². The largest absolute Gasteiger partial charge is 0.335 e. The van der Waals surface area contributed by atoms with Crippen LogP contribution in [0.4, 0.5) is 0 Å². The third-order valence-corrected chi connectivity index (χ3v) is 5.27. The van der Waals surface area contributed by atoms with Crippen LogP contribution in [-0.4, -0.2) is 22.2 Å². The van der Waals surface area contributed by atoms with Crippen LogP contribution in [0.5, 0.6) is 0 Å². The quantitative estimate of drug-likeness (QED) is 0.703. The van der Waals surface area contributed by atoms with Crippen LogP contribution in [0.1, 0.15) is 37.8 Å². The molecule has 1 aromatic rings. The van der Waals surface area contributed by atoms with Crippen LogP contribution in [0.25, 0.3) is 0 Å².